The molecule has 4 rings (SSSR count). The molecule has 1 unspecified atom stereocenters. The standard InChI is InChI=1S/C21H27N5O3/c1-14-7-8-15(12-16(14)23-20(28)21(2)9-3-4-11-29-21)19(27)22-13-18-25-24-17-6-5-10-26(17)18/h7-8,12H,3-6,9-11,13H2,1-2H3,(H,22,27)(H,23,28). The van der Waals surface area contributed by atoms with E-state index in [2.05, 4.69) is 25.4 Å². The summed E-state index contributed by atoms with van der Waals surface area (Å²) in [6, 6.07) is 5.31. The van der Waals surface area contributed by atoms with Crippen molar-refractivity contribution < 1.29 is 14.3 Å². The molecule has 0 spiro atoms. The molecule has 8 nitrogen and oxygen atoms in total. The Morgan fingerprint density at radius 1 is 1.24 bits per heavy atom. The van der Waals surface area contributed by atoms with E-state index in [1.54, 1.807) is 12.1 Å². The number of ether oxygens (including phenoxy) is 1. The highest BCUT2D eigenvalue weighted by molar-refractivity contribution is 6.00. The van der Waals surface area contributed by atoms with Crippen LogP contribution in [0.2, 0.25) is 0 Å². The van der Waals surface area contributed by atoms with E-state index in [1.165, 1.54) is 0 Å². The first-order chi connectivity index (χ1) is 14.0. The Morgan fingerprint density at radius 2 is 2.10 bits per heavy atom. The number of aromatic nitrogens is 3. The number of carbonyl (C=O) groups excluding carboxylic acids is 2. The Hall–Kier alpha value is -2.74. The van der Waals surface area contributed by atoms with Gasteiger partial charge in [-0.1, -0.05) is 6.07 Å². The molecule has 154 valence electrons. The monoisotopic (exact) mass is 397 g/mol. The van der Waals surface area contributed by atoms with Gasteiger partial charge in [0.05, 0.1) is 6.54 Å². The third kappa shape index (κ3) is 4.03. The molecule has 1 fully saturated rings. The van der Waals surface area contributed by atoms with Gasteiger partial charge >= 0.3 is 0 Å². The highest BCUT2D eigenvalue weighted by Gasteiger charge is 2.36. The number of nitrogens with zero attached hydrogens (tertiary/aromatic N) is 3. The molecular formula is C21H27N5O3. The third-order valence-electron chi connectivity index (χ3n) is 5.79. The second-order valence-electron chi connectivity index (χ2n) is 7.99. The van der Waals surface area contributed by atoms with Gasteiger partial charge in [-0.15, -0.1) is 10.2 Å². The van der Waals surface area contributed by atoms with E-state index >= 15 is 0 Å². The summed E-state index contributed by atoms with van der Waals surface area (Å²) in [5.41, 5.74) is 1.18. The van der Waals surface area contributed by atoms with Gasteiger partial charge in [0.2, 0.25) is 0 Å². The lowest BCUT2D eigenvalue weighted by Gasteiger charge is -2.32. The van der Waals surface area contributed by atoms with Crippen LogP contribution in [0, 0.1) is 6.92 Å². The number of hydrogen-bond acceptors (Lipinski definition) is 5. The Bertz CT molecular complexity index is 930. The van der Waals surface area contributed by atoms with Crippen molar-refractivity contribution in [3.05, 3.63) is 41.0 Å². The van der Waals surface area contributed by atoms with Crippen LogP contribution in [0.4, 0.5) is 5.69 Å². The second-order valence-corrected chi connectivity index (χ2v) is 7.99. The maximum Gasteiger partial charge on any atom is 0.256 e. The van der Waals surface area contributed by atoms with E-state index in [0.29, 0.717) is 30.8 Å². The topological polar surface area (TPSA) is 98.1 Å². The van der Waals surface area contributed by atoms with E-state index in [1.807, 2.05) is 19.9 Å². The summed E-state index contributed by atoms with van der Waals surface area (Å²) in [4.78, 5) is 25.4. The maximum atomic E-state index is 12.8. The fraction of sp³-hybridized carbons (Fsp3) is 0.524. The van der Waals surface area contributed by atoms with E-state index in [0.717, 1.165) is 49.4 Å². The number of nitrogens with one attached hydrogen (secondary N) is 2. The van der Waals surface area contributed by atoms with Gasteiger partial charge in [0, 0.05) is 30.8 Å². The number of carbonyl (C=O) groups is 2. The lowest BCUT2D eigenvalue weighted by molar-refractivity contribution is -0.144. The molecule has 0 aliphatic carbocycles. The molecule has 0 saturated carbocycles. The molecule has 0 bridgehead atoms. The number of aryl methyl sites for hydroxylation is 2. The smallest absolute Gasteiger partial charge is 0.256 e. The SMILES string of the molecule is Cc1ccc(C(=O)NCc2nnc3n2CCC3)cc1NC(=O)C1(C)CCCCO1. The van der Waals surface area contributed by atoms with Crippen LogP contribution in [0.3, 0.4) is 0 Å². The summed E-state index contributed by atoms with van der Waals surface area (Å²) in [6.45, 7) is 5.55. The third-order valence-corrected chi connectivity index (χ3v) is 5.79. The first kappa shape index (κ1) is 19.6. The zero-order chi connectivity index (χ0) is 20.4. The molecule has 3 heterocycles. The zero-order valence-corrected chi connectivity index (χ0v) is 17.0. The minimum atomic E-state index is -0.822. The first-order valence-electron chi connectivity index (χ1n) is 10.2. The van der Waals surface area contributed by atoms with Gasteiger partial charge in [-0.05, 0) is 57.2 Å². The van der Waals surface area contributed by atoms with Crippen LogP contribution in [0.1, 0.15) is 60.2 Å². The Labute approximate surface area is 170 Å². The average Bonchev–Trinajstić information content (AvgIpc) is 3.32. The Kier molecular flexibility index (Phi) is 5.36. The van der Waals surface area contributed by atoms with Crippen LogP contribution in [0.15, 0.2) is 18.2 Å². The summed E-state index contributed by atoms with van der Waals surface area (Å²) in [5, 5.41) is 14.2. The minimum Gasteiger partial charge on any atom is -0.365 e. The molecule has 1 saturated heterocycles. The van der Waals surface area contributed by atoms with Crippen LogP contribution >= 0.6 is 0 Å². The number of benzene rings is 1. The van der Waals surface area contributed by atoms with Crippen LogP contribution in [0.25, 0.3) is 0 Å². The van der Waals surface area contributed by atoms with E-state index < -0.39 is 5.60 Å². The van der Waals surface area contributed by atoms with Crippen LogP contribution in [-0.2, 0) is 29.0 Å². The molecule has 8 heteroatoms. The number of fused-ring (bicyclic) bond motifs is 1. The molecule has 2 aromatic rings. The second kappa shape index (κ2) is 7.94. The fourth-order valence-electron chi connectivity index (χ4n) is 3.87. The number of hydrogen-bond donors (Lipinski definition) is 2. The number of rotatable bonds is 5. The Morgan fingerprint density at radius 3 is 2.90 bits per heavy atom. The maximum absolute atomic E-state index is 12.8. The molecular weight excluding hydrogens is 370 g/mol. The zero-order valence-electron chi connectivity index (χ0n) is 17.0. The van der Waals surface area contributed by atoms with E-state index in [4.69, 9.17) is 4.74 Å². The quantitative estimate of drug-likeness (QED) is 0.807. The van der Waals surface area contributed by atoms with Gasteiger partial charge in [-0.25, -0.2) is 0 Å². The van der Waals surface area contributed by atoms with Crippen molar-refractivity contribution in [2.75, 3.05) is 11.9 Å². The number of anilines is 1. The molecule has 2 N–H and O–H groups in total. The van der Waals surface area contributed by atoms with Gasteiger partial charge in [0.15, 0.2) is 5.82 Å². The van der Waals surface area contributed by atoms with Crippen molar-refractivity contribution in [2.45, 2.75) is 64.6 Å². The van der Waals surface area contributed by atoms with Crippen LogP contribution in [-0.4, -0.2) is 38.8 Å². The van der Waals surface area contributed by atoms with Crippen molar-refractivity contribution in [2.24, 2.45) is 0 Å². The lowest BCUT2D eigenvalue weighted by atomic mass is 9.94. The van der Waals surface area contributed by atoms with Crippen molar-refractivity contribution in [1.29, 1.82) is 0 Å². The van der Waals surface area contributed by atoms with Gasteiger partial charge in [-0.3, -0.25) is 9.59 Å². The van der Waals surface area contributed by atoms with Crippen molar-refractivity contribution in [1.82, 2.24) is 20.1 Å². The summed E-state index contributed by atoms with van der Waals surface area (Å²) in [7, 11) is 0. The minimum absolute atomic E-state index is 0.170. The predicted octanol–water partition coefficient (Wildman–Crippen LogP) is 2.36. The highest BCUT2D eigenvalue weighted by atomic mass is 16.5. The highest BCUT2D eigenvalue weighted by Crippen LogP contribution is 2.27. The average molecular weight is 397 g/mol. The van der Waals surface area contributed by atoms with Crippen molar-refractivity contribution in [3.8, 4) is 0 Å². The summed E-state index contributed by atoms with van der Waals surface area (Å²) in [6.07, 6.45) is 4.64. The molecule has 29 heavy (non-hydrogen) atoms. The fourth-order valence-corrected chi connectivity index (χ4v) is 3.87. The van der Waals surface area contributed by atoms with E-state index in [-0.39, 0.29) is 11.8 Å². The molecule has 1 aromatic heterocycles. The summed E-state index contributed by atoms with van der Waals surface area (Å²) >= 11 is 0. The lowest BCUT2D eigenvalue weighted by Crippen LogP contribution is -2.45. The molecule has 1 aromatic carbocycles. The van der Waals surface area contributed by atoms with Crippen molar-refractivity contribution >= 4 is 17.5 Å². The molecule has 1 atom stereocenters. The van der Waals surface area contributed by atoms with Gasteiger partial charge in [0.25, 0.3) is 11.8 Å². The molecule has 0 radical (unpaired) electrons. The summed E-state index contributed by atoms with van der Waals surface area (Å²) in [5.74, 6) is 1.37. The number of amides is 2. The van der Waals surface area contributed by atoms with Gasteiger partial charge in [0.1, 0.15) is 11.4 Å². The molecule has 2 aliphatic rings. The van der Waals surface area contributed by atoms with Crippen molar-refractivity contribution in [3.63, 3.8) is 0 Å². The van der Waals surface area contributed by atoms with Crippen LogP contribution < -0.4 is 10.6 Å². The molecule has 2 aliphatic heterocycles. The van der Waals surface area contributed by atoms with Gasteiger partial charge < -0.3 is 19.9 Å². The van der Waals surface area contributed by atoms with Gasteiger partial charge in [-0.2, -0.15) is 0 Å². The largest absolute Gasteiger partial charge is 0.365 e. The predicted molar refractivity (Wildman–Crippen MR) is 108 cm³/mol. The molecule has 2 amide bonds. The Balaban J connectivity index is 1.43. The van der Waals surface area contributed by atoms with Crippen LogP contribution in [0.5, 0.6) is 0 Å². The normalized spacial score (nSPS) is 20.9. The summed E-state index contributed by atoms with van der Waals surface area (Å²) < 4.78 is 7.79. The van der Waals surface area contributed by atoms with E-state index in [9.17, 15) is 9.59 Å². The first-order valence-corrected chi connectivity index (χ1v) is 10.2.